The van der Waals surface area contributed by atoms with E-state index in [1.165, 1.54) is 4.90 Å². The second-order valence-corrected chi connectivity index (χ2v) is 9.47. The molecule has 0 aliphatic carbocycles. The molecule has 1 aliphatic rings. The maximum absolute atomic E-state index is 13.0. The van der Waals surface area contributed by atoms with Crippen molar-refractivity contribution in [2.75, 3.05) is 6.61 Å². The van der Waals surface area contributed by atoms with Gasteiger partial charge in [0.15, 0.2) is 11.5 Å². The van der Waals surface area contributed by atoms with Crippen molar-refractivity contribution in [1.82, 2.24) is 4.90 Å². The zero-order valence-electron chi connectivity index (χ0n) is 19.8. The van der Waals surface area contributed by atoms with Crippen molar-refractivity contribution < 1.29 is 19.1 Å². The average molecular weight is 519 g/mol. The zero-order valence-corrected chi connectivity index (χ0v) is 21.4. The van der Waals surface area contributed by atoms with Crippen LogP contribution in [0.2, 0.25) is 5.02 Å². The lowest BCUT2D eigenvalue weighted by Crippen LogP contribution is -2.27. The van der Waals surface area contributed by atoms with E-state index < -0.39 is 0 Å². The molecule has 1 saturated heterocycles. The molecule has 1 fully saturated rings. The summed E-state index contributed by atoms with van der Waals surface area (Å²) in [6.07, 6.45) is 1.63. The van der Waals surface area contributed by atoms with Crippen molar-refractivity contribution in [3.63, 3.8) is 0 Å². The minimum atomic E-state index is -0.354. The Balaban J connectivity index is 1.56. The van der Waals surface area contributed by atoms with E-state index in [0.717, 1.165) is 28.5 Å². The number of nitriles is 1. The summed E-state index contributed by atoms with van der Waals surface area (Å²) in [5.74, 6) is 0.397. The van der Waals surface area contributed by atoms with Crippen LogP contribution < -0.4 is 9.47 Å². The molecule has 0 saturated carbocycles. The Hall–Kier alpha value is -3.73. The van der Waals surface area contributed by atoms with Gasteiger partial charge in [-0.05, 0) is 61.0 Å². The number of benzene rings is 3. The monoisotopic (exact) mass is 518 g/mol. The molecule has 0 bridgehead atoms. The van der Waals surface area contributed by atoms with Crippen LogP contribution in [0.5, 0.6) is 11.5 Å². The van der Waals surface area contributed by atoms with Crippen molar-refractivity contribution in [3.8, 4) is 17.6 Å². The lowest BCUT2D eigenvalue weighted by atomic mass is 10.1. The molecule has 0 aromatic heterocycles. The third-order valence-corrected chi connectivity index (χ3v) is 6.66. The first-order valence-corrected chi connectivity index (χ1v) is 12.5. The van der Waals surface area contributed by atoms with E-state index in [0.29, 0.717) is 39.2 Å². The van der Waals surface area contributed by atoms with E-state index in [2.05, 4.69) is 6.07 Å². The van der Waals surface area contributed by atoms with Crippen LogP contribution in [0.3, 0.4) is 0 Å². The second kappa shape index (κ2) is 11.3. The second-order valence-electron chi connectivity index (χ2n) is 8.07. The van der Waals surface area contributed by atoms with Crippen molar-refractivity contribution in [2.24, 2.45) is 0 Å². The van der Waals surface area contributed by atoms with Gasteiger partial charge in [0.25, 0.3) is 11.1 Å². The predicted octanol–water partition coefficient (Wildman–Crippen LogP) is 6.73. The van der Waals surface area contributed by atoms with Crippen LogP contribution in [0.25, 0.3) is 6.08 Å². The first kappa shape index (κ1) is 25.4. The molecule has 4 rings (SSSR count). The van der Waals surface area contributed by atoms with Gasteiger partial charge in [0.2, 0.25) is 0 Å². The molecule has 3 aromatic carbocycles. The topological polar surface area (TPSA) is 79.6 Å². The summed E-state index contributed by atoms with van der Waals surface area (Å²) in [5.41, 5.74) is 3.84. The highest BCUT2D eigenvalue weighted by Crippen LogP contribution is 2.40. The molecule has 0 spiro atoms. The number of carbonyl (C=O) groups is 2. The van der Waals surface area contributed by atoms with Gasteiger partial charge in [-0.2, -0.15) is 5.26 Å². The maximum atomic E-state index is 13.0. The average Bonchev–Trinajstić information content (AvgIpc) is 3.12. The van der Waals surface area contributed by atoms with Crippen molar-refractivity contribution in [2.45, 2.75) is 27.0 Å². The van der Waals surface area contributed by atoms with Crippen LogP contribution >= 0.6 is 23.4 Å². The molecule has 0 radical (unpaired) electrons. The van der Waals surface area contributed by atoms with Gasteiger partial charge in [0.1, 0.15) is 6.61 Å². The Morgan fingerprint density at radius 2 is 1.83 bits per heavy atom. The summed E-state index contributed by atoms with van der Waals surface area (Å²) < 4.78 is 11.7. The van der Waals surface area contributed by atoms with E-state index in [1.807, 2.05) is 50.2 Å². The molecule has 3 aromatic rings. The van der Waals surface area contributed by atoms with Gasteiger partial charge in [0, 0.05) is 5.56 Å². The van der Waals surface area contributed by atoms with Gasteiger partial charge >= 0.3 is 0 Å². The first-order valence-electron chi connectivity index (χ1n) is 11.3. The largest absolute Gasteiger partial charge is 0.490 e. The molecule has 6 nitrogen and oxygen atoms in total. The molecule has 0 unspecified atom stereocenters. The lowest BCUT2D eigenvalue weighted by Gasteiger charge is -2.15. The highest BCUT2D eigenvalue weighted by molar-refractivity contribution is 8.18. The number of hydrogen-bond acceptors (Lipinski definition) is 6. The van der Waals surface area contributed by atoms with Crippen LogP contribution in [0.4, 0.5) is 4.79 Å². The van der Waals surface area contributed by atoms with E-state index in [9.17, 15) is 14.9 Å². The molecule has 182 valence electrons. The number of aryl methyl sites for hydroxylation is 1. The van der Waals surface area contributed by atoms with Gasteiger partial charge < -0.3 is 9.47 Å². The fraction of sp³-hybridized carbons (Fsp3) is 0.179. The fourth-order valence-corrected chi connectivity index (χ4v) is 4.76. The number of amides is 2. The first-order chi connectivity index (χ1) is 17.4. The lowest BCUT2D eigenvalue weighted by molar-refractivity contribution is -0.123. The zero-order chi connectivity index (χ0) is 25.7. The summed E-state index contributed by atoms with van der Waals surface area (Å²) in [7, 11) is 0. The van der Waals surface area contributed by atoms with E-state index in [1.54, 1.807) is 30.3 Å². The third-order valence-electron chi connectivity index (χ3n) is 5.47. The molecule has 1 aliphatic heterocycles. The smallest absolute Gasteiger partial charge is 0.293 e. The minimum Gasteiger partial charge on any atom is -0.490 e. The molecule has 0 atom stereocenters. The highest BCUT2D eigenvalue weighted by Gasteiger charge is 2.35. The summed E-state index contributed by atoms with van der Waals surface area (Å²) >= 11 is 7.43. The number of halogens is 1. The molecular formula is C28H23ClN2O4S. The van der Waals surface area contributed by atoms with E-state index >= 15 is 0 Å². The fourth-order valence-electron chi connectivity index (χ4n) is 3.64. The standard InChI is InChI=1S/C28H23ClN2O4S/c1-3-34-24-13-20(12-23(29)26(24)35-17-22-7-5-4-6-21(22)15-30)14-25-27(32)31(28(33)36-25)16-19-10-8-18(2)9-11-19/h4-14H,3,16-17H2,1-2H3/b25-14-. The summed E-state index contributed by atoms with van der Waals surface area (Å²) in [5, 5.41) is 9.29. The normalized spacial score (nSPS) is 14.3. The number of hydrogen-bond donors (Lipinski definition) is 0. The van der Waals surface area contributed by atoms with Gasteiger partial charge in [-0.1, -0.05) is 59.6 Å². The number of nitrogens with zero attached hydrogens (tertiary/aromatic N) is 2. The third kappa shape index (κ3) is 5.73. The van der Waals surface area contributed by atoms with Crippen LogP contribution in [0.15, 0.2) is 65.6 Å². The summed E-state index contributed by atoms with van der Waals surface area (Å²) in [6, 6.07) is 20.4. The Morgan fingerprint density at radius 3 is 2.56 bits per heavy atom. The van der Waals surface area contributed by atoms with Gasteiger partial charge in [-0.25, -0.2) is 0 Å². The molecule has 0 N–H and O–H groups in total. The summed E-state index contributed by atoms with van der Waals surface area (Å²) in [4.78, 5) is 27.1. The number of thioether (sulfide) groups is 1. The van der Waals surface area contributed by atoms with E-state index in [-0.39, 0.29) is 24.3 Å². The number of rotatable bonds is 8. The maximum Gasteiger partial charge on any atom is 0.293 e. The number of ether oxygens (including phenoxy) is 2. The molecule has 1 heterocycles. The van der Waals surface area contributed by atoms with Crippen molar-refractivity contribution >= 4 is 40.6 Å². The van der Waals surface area contributed by atoms with Crippen LogP contribution in [-0.2, 0) is 17.9 Å². The number of imide groups is 1. The van der Waals surface area contributed by atoms with Crippen molar-refractivity contribution in [3.05, 3.63) is 98.4 Å². The Kier molecular flexibility index (Phi) is 7.99. The van der Waals surface area contributed by atoms with Gasteiger partial charge in [-0.3, -0.25) is 14.5 Å². The predicted molar refractivity (Wildman–Crippen MR) is 141 cm³/mol. The quantitative estimate of drug-likeness (QED) is 0.307. The van der Waals surface area contributed by atoms with Crippen molar-refractivity contribution in [1.29, 1.82) is 5.26 Å². The summed E-state index contributed by atoms with van der Waals surface area (Å²) in [6.45, 7) is 4.55. The Bertz CT molecular complexity index is 1380. The van der Waals surface area contributed by atoms with Gasteiger partial charge in [0.05, 0.1) is 34.7 Å². The highest BCUT2D eigenvalue weighted by atomic mass is 35.5. The SMILES string of the molecule is CCOc1cc(/C=C2\SC(=O)N(Cc3ccc(C)cc3)C2=O)cc(Cl)c1OCc1ccccc1C#N. The molecule has 8 heteroatoms. The van der Waals surface area contributed by atoms with Gasteiger partial charge in [-0.15, -0.1) is 0 Å². The Morgan fingerprint density at radius 1 is 1.08 bits per heavy atom. The molecule has 36 heavy (non-hydrogen) atoms. The number of carbonyl (C=O) groups excluding carboxylic acids is 2. The van der Waals surface area contributed by atoms with Crippen LogP contribution in [-0.4, -0.2) is 22.7 Å². The van der Waals surface area contributed by atoms with Crippen LogP contribution in [0, 0.1) is 18.3 Å². The Labute approximate surface area is 219 Å². The van der Waals surface area contributed by atoms with Crippen LogP contribution in [0.1, 0.15) is 34.7 Å². The van der Waals surface area contributed by atoms with E-state index in [4.69, 9.17) is 21.1 Å². The minimum absolute atomic E-state index is 0.140. The molecule has 2 amide bonds. The molecular weight excluding hydrogens is 496 g/mol.